The normalized spacial score (nSPS) is 16.8. The van der Waals surface area contributed by atoms with Gasteiger partial charge < -0.3 is 19.5 Å². The Kier molecular flexibility index (Phi) is 6.77. The molecular formula is C18H25NO6S. The summed E-state index contributed by atoms with van der Waals surface area (Å²) in [7, 11) is 0. The summed E-state index contributed by atoms with van der Waals surface area (Å²) in [5.41, 5.74) is 0.625. The van der Waals surface area contributed by atoms with Crippen LogP contribution in [0.5, 0.6) is 0 Å². The molecule has 2 heterocycles. The molecule has 0 aromatic carbocycles. The molecule has 0 unspecified atom stereocenters. The van der Waals surface area contributed by atoms with Crippen LogP contribution < -0.4 is 5.32 Å². The summed E-state index contributed by atoms with van der Waals surface area (Å²) in [6, 6.07) is 0. The van der Waals surface area contributed by atoms with Crippen LogP contribution in [0.2, 0.25) is 0 Å². The summed E-state index contributed by atoms with van der Waals surface area (Å²) in [4.78, 5) is 37.5. The average Bonchev–Trinajstić information content (AvgIpc) is 3.14. The van der Waals surface area contributed by atoms with E-state index in [1.165, 1.54) is 0 Å². The summed E-state index contributed by atoms with van der Waals surface area (Å²) in [6.45, 7) is 9.14. The van der Waals surface area contributed by atoms with Crippen LogP contribution in [0, 0.1) is 6.92 Å². The van der Waals surface area contributed by atoms with Crippen LogP contribution in [0.25, 0.3) is 0 Å². The lowest BCUT2D eigenvalue weighted by molar-refractivity contribution is -0.124. The SMILES string of the molecule is Cc1c(C(=O)OC(C)C)sc(NC(=O)[C@H]2CCCO2)c1C(=O)OC(C)C. The van der Waals surface area contributed by atoms with Gasteiger partial charge in [0.2, 0.25) is 0 Å². The number of amides is 1. The van der Waals surface area contributed by atoms with E-state index in [1.54, 1.807) is 34.6 Å². The van der Waals surface area contributed by atoms with E-state index in [-0.39, 0.29) is 33.6 Å². The zero-order chi connectivity index (χ0) is 19.4. The van der Waals surface area contributed by atoms with Crippen molar-refractivity contribution in [1.29, 1.82) is 0 Å². The first kappa shape index (κ1) is 20.4. The third kappa shape index (κ3) is 4.82. The van der Waals surface area contributed by atoms with E-state index in [9.17, 15) is 14.4 Å². The minimum Gasteiger partial charge on any atom is -0.459 e. The van der Waals surface area contributed by atoms with Crippen molar-refractivity contribution >= 4 is 34.2 Å². The zero-order valence-electron chi connectivity index (χ0n) is 15.7. The molecule has 0 saturated carbocycles. The summed E-state index contributed by atoms with van der Waals surface area (Å²) < 4.78 is 15.9. The highest BCUT2D eigenvalue weighted by Gasteiger charge is 2.30. The Morgan fingerprint density at radius 1 is 1.12 bits per heavy atom. The molecule has 2 rings (SSSR count). The van der Waals surface area contributed by atoms with Crippen LogP contribution >= 0.6 is 11.3 Å². The summed E-state index contributed by atoms with van der Waals surface area (Å²) in [5.74, 6) is -1.44. The predicted octanol–water partition coefficient (Wildman–Crippen LogP) is 3.30. The number of rotatable bonds is 6. The van der Waals surface area contributed by atoms with Crippen LogP contribution in [-0.2, 0) is 19.0 Å². The molecule has 0 spiro atoms. The Balaban J connectivity index is 2.34. The zero-order valence-corrected chi connectivity index (χ0v) is 16.5. The van der Waals surface area contributed by atoms with Gasteiger partial charge in [0.05, 0.1) is 17.8 Å². The highest BCUT2D eigenvalue weighted by Crippen LogP contribution is 2.35. The quantitative estimate of drug-likeness (QED) is 0.758. The molecule has 0 aliphatic carbocycles. The number of esters is 2. The highest BCUT2D eigenvalue weighted by molar-refractivity contribution is 7.18. The third-order valence-corrected chi connectivity index (χ3v) is 4.87. The number of hydrogen-bond donors (Lipinski definition) is 1. The van der Waals surface area contributed by atoms with Gasteiger partial charge in [-0.2, -0.15) is 0 Å². The fraction of sp³-hybridized carbons (Fsp3) is 0.611. The summed E-state index contributed by atoms with van der Waals surface area (Å²) in [5, 5.41) is 3.00. The Morgan fingerprint density at radius 3 is 2.27 bits per heavy atom. The maximum absolute atomic E-state index is 12.5. The minimum atomic E-state index is -0.583. The molecule has 1 aromatic heterocycles. The van der Waals surface area contributed by atoms with Gasteiger partial charge in [-0.1, -0.05) is 0 Å². The van der Waals surface area contributed by atoms with Gasteiger partial charge in [0.15, 0.2) is 0 Å². The Morgan fingerprint density at radius 2 is 1.73 bits per heavy atom. The van der Waals surface area contributed by atoms with Gasteiger partial charge in [0, 0.05) is 6.61 Å². The van der Waals surface area contributed by atoms with Crippen molar-refractivity contribution in [1.82, 2.24) is 0 Å². The average molecular weight is 383 g/mol. The number of thiophene rings is 1. The fourth-order valence-corrected chi connectivity index (χ4v) is 3.64. The first-order valence-corrected chi connectivity index (χ1v) is 9.50. The molecule has 1 amide bonds. The topological polar surface area (TPSA) is 90.9 Å². The Bertz CT molecular complexity index is 688. The molecule has 0 bridgehead atoms. The molecule has 1 aliphatic rings. The lowest BCUT2D eigenvalue weighted by Gasteiger charge is -2.12. The molecule has 1 aliphatic heterocycles. The van der Waals surface area contributed by atoms with E-state index >= 15 is 0 Å². The van der Waals surface area contributed by atoms with Gasteiger partial charge in [-0.25, -0.2) is 9.59 Å². The summed E-state index contributed by atoms with van der Waals surface area (Å²) in [6.07, 6.45) is 0.284. The molecule has 1 saturated heterocycles. The smallest absolute Gasteiger partial charge is 0.348 e. The Hall–Kier alpha value is -1.93. The minimum absolute atomic E-state index is 0.186. The first-order chi connectivity index (χ1) is 12.2. The molecule has 26 heavy (non-hydrogen) atoms. The van der Waals surface area contributed by atoms with Crippen molar-refractivity contribution in [3.8, 4) is 0 Å². The van der Waals surface area contributed by atoms with E-state index < -0.39 is 18.0 Å². The van der Waals surface area contributed by atoms with Gasteiger partial charge in [-0.3, -0.25) is 4.79 Å². The van der Waals surface area contributed by atoms with Crippen molar-refractivity contribution in [2.45, 2.75) is 65.8 Å². The van der Waals surface area contributed by atoms with Gasteiger partial charge in [-0.15, -0.1) is 11.3 Å². The van der Waals surface area contributed by atoms with Crippen molar-refractivity contribution in [3.63, 3.8) is 0 Å². The number of hydrogen-bond acceptors (Lipinski definition) is 7. The van der Waals surface area contributed by atoms with Gasteiger partial charge in [0.25, 0.3) is 5.91 Å². The van der Waals surface area contributed by atoms with E-state index in [4.69, 9.17) is 14.2 Å². The molecule has 1 fully saturated rings. The van der Waals surface area contributed by atoms with Gasteiger partial charge in [-0.05, 0) is 53.0 Å². The maximum atomic E-state index is 12.5. The molecule has 144 valence electrons. The first-order valence-electron chi connectivity index (χ1n) is 8.68. The second-order valence-electron chi connectivity index (χ2n) is 6.66. The molecule has 1 aromatic rings. The highest BCUT2D eigenvalue weighted by atomic mass is 32.1. The van der Waals surface area contributed by atoms with Gasteiger partial charge in [0.1, 0.15) is 16.0 Å². The maximum Gasteiger partial charge on any atom is 0.348 e. The van der Waals surface area contributed by atoms with Gasteiger partial charge >= 0.3 is 11.9 Å². The van der Waals surface area contributed by atoms with E-state index in [2.05, 4.69) is 5.32 Å². The predicted molar refractivity (Wildman–Crippen MR) is 97.8 cm³/mol. The molecular weight excluding hydrogens is 358 g/mol. The van der Waals surface area contributed by atoms with Crippen LogP contribution in [0.1, 0.15) is 66.1 Å². The number of anilines is 1. The molecule has 7 nitrogen and oxygen atoms in total. The van der Waals surface area contributed by atoms with Crippen molar-refractivity contribution in [3.05, 3.63) is 16.0 Å². The number of carbonyl (C=O) groups is 3. The number of ether oxygens (including phenoxy) is 3. The van der Waals surface area contributed by atoms with Crippen molar-refractivity contribution in [2.24, 2.45) is 0 Å². The Labute approximate surface area is 157 Å². The van der Waals surface area contributed by atoms with Crippen molar-refractivity contribution < 1.29 is 28.6 Å². The molecule has 1 atom stereocenters. The monoisotopic (exact) mass is 383 g/mol. The van der Waals surface area contributed by atoms with E-state index in [1.807, 2.05) is 0 Å². The second kappa shape index (κ2) is 8.64. The molecule has 1 N–H and O–H groups in total. The van der Waals surface area contributed by atoms with Crippen LogP contribution in [0.4, 0.5) is 5.00 Å². The van der Waals surface area contributed by atoms with E-state index in [0.29, 0.717) is 18.6 Å². The van der Waals surface area contributed by atoms with Crippen LogP contribution in [-0.4, -0.2) is 42.8 Å². The standard InChI is InChI=1S/C18H25NO6S/c1-9(2)24-17(21)13-11(5)14(18(22)25-10(3)4)26-16(13)19-15(20)12-7-6-8-23-12/h9-10,12H,6-8H2,1-5H3,(H,19,20)/t12-/m1/s1. The van der Waals surface area contributed by atoms with Crippen LogP contribution in [0.3, 0.4) is 0 Å². The lowest BCUT2D eigenvalue weighted by Crippen LogP contribution is -2.27. The molecule has 8 heteroatoms. The van der Waals surface area contributed by atoms with E-state index in [0.717, 1.165) is 17.8 Å². The fourth-order valence-electron chi connectivity index (χ4n) is 2.56. The van der Waals surface area contributed by atoms with Crippen molar-refractivity contribution in [2.75, 3.05) is 11.9 Å². The number of nitrogens with one attached hydrogen (secondary N) is 1. The summed E-state index contributed by atoms with van der Waals surface area (Å²) >= 11 is 1.02. The lowest BCUT2D eigenvalue weighted by atomic mass is 10.1. The number of carbonyl (C=O) groups excluding carboxylic acids is 3. The second-order valence-corrected chi connectivity index (χ2v) is 7.68. The molecule has 0 radical (unpaired) electrons. The largest absolute Gasteiger partial charge is 0.459 e. The van der Waals surface area contributed by atoms with Crippen LogP contribution in [0.15, 0.2) is 0 Å². The third-order valence-electron chi connectivity index (χ3n) is 3.68.